The van der Waals surface area contributed by atoms with E-state index in [0.717, 1.165) is 6.07 Å². The van der Waals surface area contributed by atoms with Crippen LogP contribution >= 0.6 is 0 Å². The Morgan fingerprint density at radius 3 is 2.56 bits per heavy atom. The Morgan fingerprint density at radius 1 is 1.44 bits per heavy atom. The first kappa shape index (κ1) is 12.2. The van der Waals surface area contributed by atoms with Gasteiger partial charge in [0.1, 0.15) is 11.5 Å². The van der Waals surface area contributed by atoms with Crippen molar-refractivity contribution in [2.24, 2.45) is 0 Å². The van der Waals surface area contributed by atoms with Crippen molar-refractivity contribution in [3.63, 3.8) is 0 Å². The first-order valence-corrected chi connectivity index (χ1v) is 4.62. The molecule has 0 aliphatic heterocycles. The third kappa shape index (κ3) is 3.08. The summed E-state index contributed by atoms with van der Waals surface area (Å²) in [5.74, 6) is -1.75. The number of carbonyl (C=O) groups excluding carboxylic acids is 1. The molecule has 0 saturated heterocycles. The van der Waals surface area contributed by atoms with Crippen LogP contribution in [-0.4, -0.2) is 12.2 Å². The molecule has 0 saturated carbocycles. The van der Waals surface area contributed by atoms with Crippen molar-refractivity contribution in [3.05, 3.63) is 23.8 Å². The van der Waals surface area contributed by atoms with Crippen molar-refractivity contribution < 1.29 is 18.3 Å². The highest BCUT2D eigenvalue weighted by molar-refractivity contribution is 5.89. The lowest BCUT2D eigenvalue weighted by Crippen LogP contribution is -2.19. The summed E-state index contributed by atoms with van der Waals surface area (Å²) in [6.07, 6.45) is -1.18. The summed E-state index contributed by atoms with van der Waals surface area (Å²) >= 11 is 0. The van der Waals surface area contributed by atoms with Crippen molar-refractivity contribution >= 4 is 17.5 Å². The maximum Gasteiger partial charge on any atom is 0.412 e. The van der Waals surface area contributed by atoms with E-state index in [4.69, 9.17) is 10.5 Å². The molecule has 4 nitrogen and oxygen atoms in total. The van der Waals surface area contributed by atoms with Crippen LogP contribution in [0.15, 0.2) is 12.1 Å². The lowest BCUT2D eigenvalue weighted by Gasteiger charge is -2.11. The van der Waals surface area contributed by atoms with Crippen molar-refractivity contribution in [2.75, 3.05) is 11.1 Å². The fourth-order valence-electron chi connectivity index (χ4n) is 1.07. The van der Waals surface area contributed by atoms with E-state index in [1.165, 1.54) is 0 Å². The van der Waals surface area contributed by atoms with Gasteiger partial charge in [-0.3, -0.25) is 5.32 Å². The Labute approximate surface area is 91.4 Å². The van der Waals surface area contributed by atoms with E-state index in [1.54, 1.807) is 13.8 Å². The molecule has 0 spiro atoms. The molecule has 88 valence electrons. The first-order valence-electron chi connectivity index (χ1n) is 4.62. The summed E-state index contributed by atoms with van der Waals surface area (Å²) in [6.45, 7) is 3.29. The molecule has 0 unspecified atom stereocenters. The standard InChI is InChI=1S/C10H12F2N2O2/c1-5(2)16-10(15)14-9-7(12)3-6(11)4-8(9)13/h3-5H,13H2,1-2H3,(H,14,15). The second kappa shape index (κ2) is 4.78. The van der Waals surface area contributed by atoms with Gasteiger partial charge in [0, 0.05) is 6.07 Å². The number of nitrogens with one attached hydrogen (secondary N) is 1. The van der Waals surface area contributed by atoms with Crippen LogP contribution in [0.5, 0.6) is 0 Å². The minimum atomic E-state index is -0.946. The Kier molecular flexibility index (Phi) is 3.65. The van der Waals surface area contributed by atoms with Gasteiger partial charge in [0.05, 0.1) is 11.8 Å². The third-order valence-corrected chi connectivity index (χ3v) is 1.66. The third-order valence-electron chi connectivity index (χ3n) is 1.66. The zero-order valence-corrected chi connectivity index (χ0v) is 8.88. The molecule has 0 radical (unpaired) electrons. The number of hydrogen-bond acceptors (Lipinski definition) is 3. The van der Waals surface area contributed by atoms with Gasteiger partial charge in [-0.1, -0.05) is 0 Å². The van der Waals surface area contributed by atoms with Crippen molar-refractivity contribution in [3.8, 4) is 0 Å². The van der Waals surface area contributed by atoms with Crippen LogP contribution in [-0.2, 0) is 4.74 Å². The summed E-state index contributed by atoms with van der Waals surface area (Å²) in [4.78, 5) is 11.2. The zero-order chi connectivity index (χ0) is 12.3. The molecule has 1 aromatic rings. The molecular formula is C10H12F2N2O2. The van der Waals surface area contributed by atoms with Gasteiger partial charge >= 0.3 is 6.09 Å². The first-order chi connectivity index (χ1) is 7.40. The number of halogens is 2. The largest absolute Gasteiger partial charge is 0.447 e. The number of nitrogens with two attached hydrogens (primary N) is 1. The van der Waals surface area contributed by atoms with Crippen LogP contribution in [0.25, 0.3) is 0 Å². The summed E-state index contributed by atoms with van der Waals surface area (Å²) < 4.78 is 30.6. The summed E-state index contributed by atoms with van der Waals surface area (Å²) in [5.41, 5.74) is 4.87. The predicted molar refractivity (Wildman–Crippen MR) is 56.0 cm³/mol. The number of carbonyl (C=O) groups is 1. The van der Waals surface area contributed by atoms with E-state index < -0.39 is 17.7 Å². The average Bonchev–Trinajstić information content (AvgIpc) is 2.09. The monoisotopic (exact) mass is 230 g/mol. The van der Waals surface area contributed by atoms with Gasteiger partial charge in [-0.05, 0) is 19.9 Å². The van der Waals surface area contributed by atoms with E-state index in [9.17, 15) is 13.6 Å². The van der Waals surface area contributed by atoms with Gasteiger partial charge in [-0.15, -0.1) is 0 Å². The molecule has 0 atom stereocenters. The average molecular weight is 230 g/mol. The molecule has 0 fully saturated rings. The highest BCUT2D eigenvalue weighted by Gasteiger charge is 2.13. The van der Waals surface area contributed by atoms with Crippen LogP contribution in [0.1, 0.15) is 13.8 Å². The Bertz CT molecular complexity index is 385. The molecule has 1 rings (SSSR count). The van der Waals surface area contributed by atoms with E-state index in [1.807, 2.05) is 0 Å². The Balaban J connectivity index is 2.85. The van der Waals surface area contributed by atoms with Crippen LogP contribution in [0.4, 0.5) is 25.0 Å². The molecule has 1 aromatic carbocycles. The fraction of sp³-hybridized carbons (Fsp3) is 0.300. The van der Waals surface area contributed by atoms with Crippen LogP contribution in [0.2, 0.25) is 0 Å². The number of nitrogen functional groups attached to an aromatic ring is 1. The molecule has 0 bridgehead atoms. The van der Waals surface area contributed by atoms with Crippen molar-refractivity contribution in [2.45, 2.75) is 20.0 Å². The SMILES string of the molecule is CC(C)OC(=O)Nc1c(N)cc(F)cc1F. The lowest BCUT2D eigenvalue weighted by atomic mass is 10.2. The molecule has 0 aromatic heterocycles. The predicted octanol–water partition coefficient (Wildman–Crippen LogP) is 2.50. The van der Waals surface area contributed by atoms with E-state index >= 15 is 0 Å². The number of anilines is 2. The minimum Gasteiger partial charge on any atom is -0.447 e. The van der Waals surface area contributed by atoms with Gasteiger partial charge in [0.15, 0.2) is 5.82 Å². The molecule has 1 amide bonds. The molecule has 0 heterocycles. The van der Waals surface area contributed by atoms with Crippen LogP contribution < -0.4 is 11.1 Å². The van der Waals surface area contributed by atoms with Gasteiger partial charge in [-0.2, -0.15) is 0 Å². The highest BCUT2D eigenvalue weighted by Crippen LogP contribution is 2.23. The second-order valence-electron chi connectivity index (χ2n) is 3.43. The van der Waals surface area contributed by atoms with Gasteiger partial charge < -0.3 is 10.5 Å². The second-order valence-corrected chi connectivity index (χ2v) is 3.43. The molecule has 6 heteroatoms. The quantitative estimate of drug-likeness (QED) is 0.767. The fourth-order valence-corrected chi connectivity index (χ4v) is 1.07. The maximum absolute atomic E-state index is 13.2. The molecule has 3 N–H and O–H groups in total. The van der Waals surface area contributed by atoms with Gasteiger partial charge in [0.25, 0.3) is 0 Å². The van der Waals surface area contributed by atoms with E-state index in [2.05, 4.69) is 5.32 Å². The van der Waals surface area contributed by atoms with E-state index in [0.29, 0.717) is 6.07 Å². The van der Waals surface area contributed by atoms with Crippen LogP contribution in [0, 0.1) is 11.6 Å². The number of rotatable bonds is 2. The smallest absolute Gasteiger partial charge is 0.412 e. The topological polar surface area (TPSA) is 64.3 Å². The number of hydrogen-bond donors (Lipinski definition) is 2. The Hall–Kier alpha value is -1.85. The maximum atomic E-state index is 13.2. The highest BCUT2D eigenvalue weighted by atomic mass is 19.1. The summed E-state index contributed by atoms with van der Waals surface area (Å²) in [7, 11) is 0. The van der Waals surface area contributed by atoms with Gasteiger partial charge in [0.2, 0.25) is 0 Å². The molecule has 16 heavy (non-hydrogen) atoms. The zero-order valence-electron chi connectivity index (χ0n) is 8.88. The molecular weight excluding hydrogens is 218 g/mol. The molecule has 0 aliphatic rings. The summed E-state index contributed by atoms with van der Waals surface area (Å²) in [5, 5.41) is 2.11. The normalized spacial score (nSPS) is 10.3. The van der Waals surface area contributed by atoms with Crippen LogP contribution in [0.3, 0.4) is 0 Å². The number of benzene rings is 1. The van der Waals surface area contributed by atoms with Crippen molar-refractivity contribution in [1.82, 2.24) is 0 Å². The van der Waals surface area contributed by atoms with E-state index in [-0.39, 0.29) is 17.5 Å². The molecule has 0 aliphatic carbocycles. The van der Waals surface area contributed by atoms with Crippen molar-refractivity contribution in [1.29, 1.82) is 0 Å². The summed E-state index contributed by atoms with van der Waals surface area (Å²) in [6, 6.07) is 1.54. The number of amides is 1. The number of ether oxygens (including phenoxy) is 1. The Morgan fingerprint density at radius 2 is 2.06 bits per heavy atom. The lowest BCUT2D eigenvalue weighted by molar-refractivity contribution is 0.130. The van der Waals surface area contributed by atoms with Gasteiger partial charge in [-0.25, -0.2) is 13.6 Å². The minimum absolute atomic E-state index is 0.196.